The highest BCUT2D eigenvalue weighted by molar-refractivity contribution is 5.88. The molecule has 162 valence electrons. The van der Waals surface area contributed by atoms with Crippen molar-refractivity contribution in [1.29, 1.82) is 0 Å². The van der Waals surface area contributed by atoms with Gasteiger partial charge in [-0.05, 0) is 67.5 Å². The van der Waals surface area contributed by atoms with Crippen LogP contribution in [0.15, 0.2) is 48.7 Å². The molecule has 0 radical (unpaired) electrons. The highest BCUT2D eigenvalue weighted by atomic mass is 19.1. The Labute approximate surface area is 182 Å². The number of aryl methyl sites for hydroxylation is 1. The van der Waals surface area contributed by atoms with Crippen LogP contribution in [-0.4, -0.2) is 38.6 Å². The Morgan fingerprint density at radius 1 is 1.23 bits per heavy atom. The molecular weight excluding hydrogens is 391 g/mol. The Hall–Kier alpha value is -2.66. The summed E-state index contributed by atoms with van der Waals surface area (Å²) in [4.78, 5) is 19.0. The van der Waals surface area contributed by atoms with Crippen molar-refractivity contribution >= 4 is 16.8 Å². The molecule has 1 aliphatic carbocycles. The van der Waals surface area contributed by atoms with Gasteiger partial charge in [-0.15, -0.1) is 0 Å². The van der Waals surface area contributed by atoms with E-state index in [1.807, 2.05) is 23.2 Å². The smallest absolute Gasteiger partial charge is 0.224 e. The zero-order valence-corrected chi connectivity index (χ0v) is 18.1. The minimum atomic E-state index is -0.577. The number of H-pyrrole nitrogens is 1. The molecule has 5 heteroatoms. The maximum absolute atomic E-state index is 13.6. The summed E-state index contributed by atoms with van der Waals surface area (Å²) in [7, 11) is 0. The van der Waals surface area contributed by atoms with Crippen molar-refractivity contribution in [2.75, 3.05) is 0 Å². The molecule has 4 nitrogen and oxygen atoms in total. The van der Waals surface area contributed by atoms with Crippen molar-refractivity contribution in [3.05, 3.63) is 71.2 Å². The van der Waals surface area contributed by atoms with Crippen LogP contribution < -0.4 is 0 Å². The van der Waals surface area contributed by atoms with E-state index in [9.17, 15) is 14.3 Å². The molecule has 3 fully saturated rings. The van der Waals surface area contributed by atoms with Crippen LogP contribution in [-0.2, 0) is 4.79 Å². The summed E-state index contributed by atoms with van der Waals surface area (Å²) in [5.41, 5.74) is 3.63. The third-order valence-corrected chi connectivity index (χ3v) is 7.36. The number of amides is 1. The molecule has 3 heterocycles. The van der Waals surface area contributed by atoms with Gasteiger partial charge in [0.2, 0.25) is 5.91 Å². The van der Waals surface area contributed by atoms with E-state index in [1.54, 1.807) is 12.1 Å². The maximum atomic E-state index is 13.6. The van der Waals surface area contributed by atoms with Gasteiger partial charge in [0.15, 0.2) is 0 Å². The fourth-order valence-corrected chi connectivity index (χ4v) is 5.82. The lowest BCUT2D eigenvalue weighted by molar-refractivity contribution is -0.178. The van der Waals surface area contributed by atoms with Crippen LogP contribution in [0.4, 0.5) is 4.39 Å². The topological polar surface area (TPSA) is 56.3 Å². The van der Waals surface area contributed by atoms with Crippen molar-refractivity contribution in [1.82, 2.24) is 9.88 Å². The van der Waals surface area contributed by atoms with Crippen molar-refractivity contribution in [3.63, 3.8) is 0 Å². The van der Waals surface area contributed by atoms with Crippen molar-refractivity contribution in [2.24, 2.45) is 0 Å². The highest BCUT2D eigenvalue weighted by Crippen LogP contribution is 2.47. The van der Waals surface area contributed by atoms with Gasteiger partial charge in [-0.25, -0.2) is 4.39 Å². The quantitative estimate of drug-likeness (QED) is 0.607. The molecule has 6 rings (SSSR count). The molecular formula is C26H29FN2O2. The first-order valence-electron chi connectivity index (χ1n) is 11.2. The zero-order valence-electron chi connectivity index (χ0n) is 18.1. The number of aromatic nitrogens is 1. The maximum Gasteiger partial charge on any atom is 0.224 e. The average molecular weight is 421 g/mol. The first kappa shape index (κ1) is 20.3. The molecule has 0 spiro atoms. The lowest BCUT2D eigenvalue weighted by Gasteiger charge is -2.58. The lowest BCUT2D eigenvalue weighted by Crippen LogP contribution is -2.67. The first-order valence-corrected chi connectivity index (χ1v) is 11.2. The number of fused-ring (bicyclic) bond motifs is 3. The number of hydrogen-bond donors (Lipinski definition) is 2. The predicted octanol–water partition coefficient (Wildman–Crippen LogP) is 5.04. The molecule has 2 atom stereocenters. The van der Waals surface area contributed by atoms with E-state index in [0.717, 1.165) is 34.0 Å². The Kier molecular flexibility index (Phi) is 4.89. The SMILES string of the molecule is CCC1CC2(O)CC(C2)N1C(=O)CC(c1ccc(F)cc1)c1c[nH]c2cccc(C)c12. The van der Waals surface area contributed by atoms with Gasteiger partial charge in [0, 0.05) is 41.5 Å². The molecule has 2 aromatic carbocycles. The van der Waals surface area contributed by atoms with Gasteiger partial charge in [0.1, 0.15) is 5.82 Å². The number of carbonyl (C=O) groups excluding carboxylic acids is 1. The molecule has 1 amide bonds. The number of nitrogens with zero attached hydrogens (tertiary/aromatic N) is 1. The number of benzene rings is 2. The van der Waals surface area contributed by atoms with Crippen LogP contribution in [0, 0.1) is 12.7 Å². The van der Waals surface area contributed by atoms with E-state index in [1.165, 1.54) is 12.1 Å². The van der Waals surface area contributed by atoms with Crippen molar-refractivity contribution < 1.29 is 14.3 Å². The number of rotatable bonds is 5. The van der Waals surface area contributed by atoms with Crippen LogP contribution in [0.25, 0.3) is 10.9 Å². The number of nitrogens with one attached hydrogen (secondary N) is 1. The van der Waals surface area contributed by atoms with E-state index < -0.39 is 5.60 Å². The second kappa shape index (κ2) is 7.49. The second-order valence-electron chi connectivity index (χ2n) is 9.40. The Balaban J connectivity index is 1.52. The molecule has 1 aromatic heterocycles. The zero-order chi connectivity index (χ0) is 21.8. The van der Waals surface area contributed by atoms with Crippen LogP contribution in [0.1, 0.15) is 61.6 Å². The molecule has 2 bridgehead atoms. The normalized spacial score (nSPS) is 26.0. The summed E-state index contributed by atoms with van der Waals surface area (Å²) in [5.74, 6) is -0.322. The Morgan fingerprint density at radius 3 is 2.68 bits per heavy atom. The number of halogens is 1. The number of piperidine rings is 2. The number of aromatic amines is 1. The molecule has 2 unspecified atom stereocenters. The standard InChI is InChI=1S/C26H29FN2O2/c1-3-19-12-26(31)13-20(14-26)29(19)24(30)11-21(17-7-9-18(27)10-8-17)22-15-28-23-6-4-5-16(2)25(22)23/h4-10,15,19-21,28,31H,3,11-14H2,1-2H3. The third kappa shape index (κ3) is 3.45. The largest absolute Gasteiger partial charge is 0.390 e. The summed E-state index contributed by atoms with van der Waals surface area (Å²) in [6, 6.07) is 12.9. The van der Waals surface area contributed by atoms with Gasteiger partial charge in [0.05, 0.1) is 5.60 Å². The van der Waals surface area contributed by atoms with Gasteiger partial charge in [-0.1, -0.05) is 31.2 Å². The molecule has 3 aromatic rings. The Bertz CT molecular complexity index is 1110. The summed E-state index contributed by atoms with van der Waals surface area (Å²) in [6.07, 6.45) is 5.20. The van der Waals surface area contributed by atoms with E-state index in [-0.39, 0.29) is 29.7 Å². The van der Waals surface area contributed by atoms with Crippen LogP contribution in [0.5, 0.6) is 0 Å². The van der Waals surface area contributed by atoms with Gasteiger partial charge < -0.3 is 15.0 Å². The van der Waals surface area contributed by atoms with Crippen LogP contribution in [0.3, 0.4) is 0 Å². The predicted molar refractivity (Wildman–Crippen MR) is 119 cm³/mol. The van der Waals surface area contributed by atoms with E-state index in [2.05, 4.69) is 24.9 Å². The summed E-state index contributed by atoms with van der Waals surface area (Å²) >= 11 is 0. The average Bonchev–Trinajstić information content (AvgIpc) is 3.17. The van der Waals surface area contributed by atoms with Gasteiger partial charge >= 0.3 is 0 Å². The van der Waals surface area contributed by atoms with Gasteiger partial charge in [-0.3, -0.25) is 4.79 Å². The molecule has 2 saturated heterocycles. The number of aliphatic hydroxyl groups is 1. The van der Waals surface area contributed by atoms with Crippen LogP contribution in [0.2, 0.25) is 0 Å². The fraction of sp³-hybridized carbons (Fsp3) is 0.423. The van der Waals surface area contributed by atoms with Crippen molar-refractivity contribution in [3.8, 4) is 0 Å². The Morgan fingerprint density at radius 2 is 1.97 bits per heavy atom. The van der Waals surface area contributed by atoms with Crippen molar-refractivity contribution in [2.45, 2.75) is 69.6 Å². The minimum absolute atomic E-state index is 0.0866. The first-order chi connectivity index (χ1) is 14.9. The minimum Gasteiger partial charge on any atom is -0.390 e. The van der Waals surface area contributed by atoms with Gasteiger partial charge in [-0.2, -0.15) is 0 Å². The molecule has 1 saturated carbocycles. The summed E-state index contributed by atoms with van der Waals surface area (Å²) in [5, 5.41) is 11.7. The molecule has 2 N–H and O–H groups in total. The number of hydrogen-bond acceptors (Lipinski definition) is 2. The molecule has 2 aliphatic heterocycles. The lowest BCUT2D eigenvalue weighted by atomic mass is 9.66. The highest BCUT2D eigenvalue weighted by Gasteiger charge is 2.54. The second-order valence-corrected chi connectivity index (χ2v) is 9.40. The molecule has 3 aliphatic rings. The fourth-order valence-electron chi connectivity index (χ4n) is 5.82. The van der Waals surface area contributed by atoms with E-state index in [0.29, 0.717) is 25.7 Å². The molecule has 31 heavy (non-hydrogen) atoms. The van der Waals surface area contributed by atoms with Crippen LogP contribution >= 0.6 is 0 Å². The summed E-state index contributed by atoms with van der Waals surface area (Å²) in [6.45, 7) is 4.16. The van der Waals surface area contributed by atoms with Gasteiger partial charge in [0.25, 0.3) is 0 Å². The van der Waals surface area contributed by atoms with E-state index >= 15 is 0 Å². The monoisotopic (exact) mass is 420 g/mol. The third-order valence-electron chi connectivity index (χ3n) is 7.36. The van der Waals surface area contributed by atoms with E-state index in [4.69, 9.17) is 0 Å². The summed E-state index contributed by atoms with van der Waals surface area (Å²) < 4.78 is 13.6. The number of carbonyl (C=O) groups is 1.